The van der Waals surface area contributed by atoms with E-state index in [9.17, 15) is 15.0 Å². The van der Waals surface area contributed by atoms with E-state index in [-0.39, 0.29) is 22.8 Å². The van der Waals surface area contributed by atoms with Crippen molar-refractivity contribution in [3.8, 4) is 0 Å². The van der Waals surface area contributed by atoms with E-state index in [1.807, 2.05) is 0 Å². The average Bonchev–Trinajstić information content (AvgIpc) is 2.36. The van der Waals surface area contributed by atoms with Crippen LogP contribution in [0.5, 0.6) is 0 Å². The van der Waals surface area contributed by atoms with Crippen molar-refractivity contribution in [2.45, 2.75) is 12.2 Å². The molecule has 94 valence electrons. The van der Waals surface area contributed by atoms with Gasteiger partial charge in [0.25, 0.3) is 0 Å². The minimum absolute atomic E-state index is 0.00217. The van der Waals surface area contributed by atoms with Gasteiger partial charge in [0.2, 0.25) is 0 Å². The number of ether oxygens (including phenoxy) is 1. The number of aliphatic hydroxyl groups excluding tert-OH is 2. The van der Waals surface area contributed by atoms with E-state index in [0.717, 1.165) is 0 Å². The summed E-state index contributed by atoms with van der Waals surface area (Å²) in [5.74, 6) is -0.607. The zero-order chi connectivity index (χ0) is 13.0. The van der Waals surface area contributed by atoms with Crippen molar-refractivity contribution in [1.82, 2.24) is 4.98 Å². The van der Waals surface area contributed by atoms with E-state index in [1.165, 1.54) is 19.4 Å². The van der Waals surface area contributed by atoms with Crippen LogP contribution in [0.2, 0.25) is 5.15 Å². The van der Waals surface area contributed by atoms with E-state index < -0.39 is 18.2 Å². The number of nitrogens with two attached hydrogens (primary N) is 1. The molecule has 1 heterocycles. The number of nitrogens with zero attached hydrogens (tertiary/aromatic N) is 1. The Balaban J connectivity index is 3.10. The predicted molar refractivity (Wildman–Crippen MR) is 60.6 cm³/mol. The summed E-state index contributed by atoms with van der Waals surface area (Å²) in [6, 6.07) is 1.31. The number of hydrogen-bond acceptors (Lipinski definition) is 6. The number of aromatic nitrogens is 1. The molecule has 2 atom stereocenters. The summed E-state index contributed by atoms with van der Waals surface area (Å²) in [4.78, 5) is 15.0. The molecular formula is C10H13ClN2O4. The van der Waals surface area contributed by atoms with Crippen molar-refractivity contribution >= 4 is 17.6 Å². The molecule has 1 aromatic heterocycles. The lowest BCUT2D eigenvalue weighted by Crippen LogP contribution is -2.27. The quantitative estimate of drug-likeness (QED) is 0.515. The number of hydrogen-bond donors (Lipinski definition) is 3. The molecule has 0 amide bonds. The lowest BCUT2D eigenvalue weighted by molar-refractivity contribution is 0.0241. The first-order valence-electron chi connectivity index (χ1n) is 4.81. The number of carbonyl (C=O) groups excluding carboxylic acids is 1. The molecule has 17 heavy (non-hydrogen) atoms. The van der Waals surface area contributed by atoms with E-state index >= 15 is 0 Å². The highest BCUT2D eigenvalue weighted by Crippen LogP contribution is 2.24. The molecule has 1 aromatic rings. The summed E-state index contributed by atoms with van der Waals surface area (Å²) in [7, 11) is 1.22. The van der Waals surface area contributed by atoms with E-state index in [2.05, 4.69) is 9.72 Å². The van der Waals surface area contributed by atoms with Crippen LogP contribution >= 0.6 is 11.6 Å². The summed E-state index contributed by atoms with van der Waals surface area (Å²) in [6.45, 7) is -0.139. The smallest absolute Gasteiger partial charge is 0.339 e. The number of methoxy groups -OCH3 is 1. The SMILES string of the molecule is COC(=O)c1cnc(Cl)c(C(O)C(O)CN)c1. The average molecular weight is 261 g/mol. The van der Waals surface area contributed by atoms with Crippen LogP contribution in [0.15, 0.2) is 12.3 Å². The van der Waals surface area contributed by atoms with Crippen LogP contribution in [-0.4, -0.2) is 40.9 Å². The molecule has 6 nitrogen and oxygen atoms in total. The Morgan fingerprint density at radius 1 is 1.65 bits per heavy atom. The molecule has 0 aromatic carbocycles. The van der Waals surface area contributed by atoms with Crippen molar-refractivity contribution in [2.75, 3.05) is 13.7 Å². The number of halogens is 1. The summed E-state index contributed by atoms with van der Waals surface area (Å²) < 4.78 is 4.51. The summed E-state index contributed by atoms with van der Waals surface area (Å²) in [6.07, 6.45) is -1.26. The normalized spacial score (nSPS) is 14.2. The maximum Gasteiger partial charge on any atom is 0.339 e. The number of rotatable bonds is 4. The highest BCUT2D eigenvalue weighted by molar-refractivity contribution is 6.30. The largest absolute Gasteiger partial charge is 0.465 e. The fraction of sp³-hybridized carbons (Fsp3) is 0.400. The Hall–Kier alpha value is -1.21. The fourth-order valence-corrected chi connectivity index (χ4v) is 1.45. The van der Waals surface area contributed by atoms with E-state index in [0.29, 0.717) is 0 Å². The Labute approximate surface area is 103 Å². The molecule has 0 saturated carbocycles. The molecule has 0 aliphatic heterocycles. The molecule has 1 rings (SSSR count). The Kier molecular flexibility index (Phi) is 4.83. The second kappa shape index (κ2) is 5.92. The zero-order valence-corrected chi connectivity index (χ0v) is 9.89. The van der Waals surface area contributed by atoms with Gasteiger partial charge in [-0.25, -0.2) is 9.78 Å². The van der Waals surface area contributed by atoms with Crippen LogP contribution in [0.4, 0.5) is 0 Å². The van der Waals surface area contributed by atoms with Gasteiger partial charge >= 0.3 is 5.97 Å². The van der Waals surface area contributed by atoms with Gasteiger partial charge in [-0.1, -0.05) is 11.6 Å². The highest BCUT2D eigenvalue weighted by atomic mass is 35.5. The predicted octanol–water partition coefficient (Wildman–Crippen LogP) is -0.125. The van der Waals surface area contributed by atoms with Gasteiger partial charge in [-0.15, -0.1) is 0 Å². The molecule has 0 bridgehead atoms. The molecule has 0 aliphatic rings. The summed E-state index contributed by atoms with van der Waals surface area (Å²) in [5.41, 5.74) is 5.49. The van der Waals surface area contributed by atoms with Crippen molar-refractivity contribution < 1.29 is 19.7 Å². The first kappa shape index (κ1) is 13.9. The molecular weight excluding hydrogens is 248 g/mol. The van der Waals surface area contributed by atoms with Gasteiger partial charge < -0.3 is 20.7 Å². The second-order valence-corrected chi connectivity index (χ2v) is 3.70. The molecule has 0 fully saturated rings. The lowest BCUT2D eigenvalue weighted by Gasteiger charge is -2.17. The molecule has 0 radical (unpaired) electrons. The standard InChI is InChI=1S/C10H13ClN2O4/c1-17-10(16)5-2-6(9(11)13-4-5)8(15)7(14)3-12/h2,4,7-8,14-15H,3,12H2,1H3. The highest BCUT2D eigenvalue weighted by Gasteiger charge is 2.22. The fourth-order valence-electron chi connectivity index (χ4n) is 1.24. The van der Waals surface area contributed by atoms with Gasteiger partial charge in [-0.2, -0.15) is 0 Å². The van der Waals surface area contributed by atoms with Crippen LogP contribution in [-0.2, 0) is 4.74 Å². The van der Waals surface area contributed by atoms with Crippen molar-refractivity contribution in [2.24, 2.45) is 5.73 Å². The van der Waals surface area contributed by atoms with Crippen LogP contribution < -0.4 is 5.73 Å². The van der Waals surface area contributed by atoms with Gasteiger partial charge in [0, 0.05) is 18.3 Å². The maximum atomic E-state index is 11.3. The van der Waals surface area contributed by atoms with Crippen molar-refractivity contribution in [3.05, 3.63) is 28.5 Å². The van der Waals surface area contributed by atoms with Gasteiger partial charge in [0.05, 0.1) is 18.8 Å². The monoisotopic (exact) mass is 260 g/mol. The van der Waals surface area contributed by atoms with Crippen LogP contribution in [0.25, 0.3) is 0 Å². The van der Waals surface area contributed by atoms with Crippen molar-refractivity contribution in [1.29, 1.82) is 0 Å². The minimum Gasteiger partial charge on any atom is -0.465 e. The Bertz CT molecular complexity index is 413. The number of pyridine rings is 1. The summed E-state index contributed by atoms with van der Waals surface area (Å²) in [5, 5.41) is 19.2. The molecule has 0 spiro atoms. The summed E-state index contributed by atoms with van der Waals surface area (Å²) >= 11 is 5.76. The maximum absolute atomic E-state index is 11.3. The number of esters is 1. The number of aliphatic hydroxyl groups is 2. The molecule has 7 heteroatoms. The first-order valence-corrected chi connectivity index (χ1v) is 5.19. The second-order valence-electron chi connectivity index (χ2n) is 3.34. The van der Waals surface area contributed by atoms with Gasteiger partial charge in [0.15, 0.2) is 0 Å². The van der Waals surface area contributed by atoms with Gasteiger partial charge in [-0.3, -0.25) is 0 Å². The molecule has 0 aliphatic carbocycles. The molecule has 2 unspecified atom stereocenters. The van der Waals surface area contributed by atoms with Crippen LogP contribution in [0, 0.1) is 0 Å². The zero-order valence-electron chi connectivity index (χ0n) is 9.13. The first-order chi connectivity index (χ1) is 8.01. The van der Waals surface area contributed by atoms with Crippen LogP contribution in [0.3, 0.4) is 0 Å². The van der Waals surface area contributed by atoms with Crippen LogP contribution in [0.1, 0.15) is 22.0 Å². The lowest BCUT2D eigenvalue weighted by atomic mass is 10.0. The molecule has 4 N–H and O–H groups in total. The number of carbonyl (C=O) groups is 1. The Morgan fingerprint density at radius 3 is 2.82 bits per heavy atom. The van der Waals surface area contributed by atoms with Gasteiger partial charge in [-0.05, 0) is 6.07 Å². The van der Waals surface area contributed by atoms with Gasteiger partial charge in [0.1, 0.15) is 11.3 Å². The van der Waals surface area contributed by atoms with Crippen molar-refractivity contribution in [3.63, 3.8) is 0 Å². The third kappa shape index (κ3) is 3.13. The molecule has 0 saturated heterocycles. The third-order valence-corrected chi connectivity index (χ3v) is 2.53. The minimum atomic E-state index is -1.30. The topological polar surface area (TPSA) is 106 Å². The van der Waals surface area contributed by atoms with E-state index in [4.69, 9.17) is 17.3 Å². The Morgan fingerprint density at radius 2 is 2.29 bits per heavy atom. The third-order valence-electron chi connectivity index (χ3n) is 2.21. The van der Waals surface area contributed by atoms with E-state index in [1.54, 1.807) is 0 Å².